The van der Waals surface area contributed by atoms with E-state index in [1.807, 2.05) is 0 Å². The van der Waals surface area contributed by atoms with Gasteiger partial charge in [-0.05, 0) is 36.0 Å². The summed E-state index contributed by atoms with van der Waals surface area (Å²) in [6.45, 7) is 4.52. The van der Waals surface area contributed by atoms with Crippen LogP contribution in [0.5, 0.6) is 0 Å². The molecule has 0 aliphatic carbocycles. The molecule has 0 atom stereocenters. The molecule has 1 aromatic heterocycles. The minimum Gasteiger partial charge on any atom is -0.339 e. The van der Waals surface area contributed by atoms with Crippen LogP contribution in [0.15, 0.2) is 53.1 Å². The molecule has 0 N–H and O–H groups in total. The summed E-state index contributed by atoms with van der Waals surface area (Å²) >= 11 is 0. The Hall–Kier alpha value is -2.42. The van der Waals surface area contributed by atoms with Gasteiger partial charge in [-0.1, -0.05) is 132 Å². The Morgan fingerprint density at radius 2 is 1.03 bits per heavy atom. The Morgan fingerprint density at radius 1 is 0.545 bits per heavy atom. The normalized spacial score (nSPS) is 11.2. The average molecular weight is 447 g/mol. The van der Waals surface area contributed by atoms with Crippen molar-refractivity contribution in [3.8, 4) is 22.5 Å². The van der Waals surface area contributed by atoms with Crippen molar-refractivity contribution in [3.05, 3.63) is 60.0 Å². The van der Waals surface area contributed by atoms with Crippen LogP contribution in [0.25, 0.3) is 22.5 Å². The molecule has 1 heterocycles. The smallest absolute Gasteiger partial charge is 0.226 e. The van der Waals surface area contributed by atoms with Crippen molar-refractivity contribution in [2.24, 2.45) is 0 Å². The number of nitrogens with zero attached hydrogens (tertiary/aromatic N) is 2. The largest absolute Gasteiger partial charge is 0.339 e. The first-order valence-corrected chi connectivity index (χ1v) is 13.3. The second-order valence-corrected chi connectivity index (χ2v) is 9.32. The van der Waals surface area contributed by atoms with E-state index in [1.54, 1.807) is 0 Å². The predicted octanol–water partition coefficient (Wildman–Crippen LogP) is 9.21. The highest BCUT2D eigenvalue weighted by atomic mass is 16.5. The van der Waals surface area contributed by atoms with Crippen LogP contribution in [-0.2, 0) is 12.8 Å². The quantitative estimate of drug-likeness (QED) is 0.206. The van der Waals surface area contributed by atoms with Crippen molar-refractivity contribution < 1.29 is 4.52 Å². The van der Waals surface area contributed by atoms with Gasteiger partial charge in [-0.15, -0.1) is 0 Å². The molecule has 0 radical (unpaired) electrons. The molecule has 0 saturated heterocycles. The van der Waals surface area contributed by atoms with Crippen molar-refractivity contribution >= 4 is 0 Å². The van der Waals surface area contributed by atoms with E-state index in [-0.39, 0.29) is 0 Å². The number of hydrogen-bond donors (Lipinski definition) is 0. The Balaban J connectivity index is 1.42. The van der Waals surface area contributed by atoms with E-state index in [2.05, 4.69) is 72.5 Å². The molecule has 0 bridgehead atoms. The molecule has 2 aromatic carbocycles. The molecule has 0 saturated carbocycles. The first-order chi connectivity index (χ1) is 16.3. The molecule has 33 heavy (non-hydrogen) atoms. The predicted molar refractivity (Wildman–Crippen MR) is 139 cm³/mol. The van der Waals surface area contributed by atoms with E-state index in [1.165, 1.54) is 93.7 Å². The first kappa shape index (κ1) is 25.2. The maximum atomic E-state index is 5.50. The topological polar surface area (TPSA) is 38.9 Å². The monoisotopic (exact) mass is 446 g/mol. The van der Waals surface area contributed by atoms with Crippen molar-refractivity contribution in [2.45, 2.75) is 104 Å². The third-order valence-corrected chi connectivity index (χ3v) is 6.46. The summed E-state index contributed by atoms with van der Waals surface area (Å²) in [6.07, 6.45) is 17.8. The third-order valence-electron chi connectivity index (χ3n) is 6.46. The van der Waals surface area contributed by atoms with Gasteiger partial charge in [-0.2, -0.15) is 4.98 Å². The lowest BCUT2D eigenvalue weighted by molar-refractivity contribution is 0.373. The number of aromatic nitrogens is 2. The number of benzene rings is 2. The van der Waals surface area contributed by atoms with Crippen molar-refractivity contribution in [1.82, 2.24) is 10.1 Å². The molecule has 0 aliphatic heterocycles. The van der Waals surface area contributed by atoms with Gasteiger partial charge >= 0.3 is 0 Å². The van der Waals surface area contributed by atoms with Crippen LogP contribution in [0.3, 0.4) is 0 Å². The molecule has 3 heteroatoms. The molecular weight excluding hydrogens is 404 g/mol. The molecule has 3 rings (SSSR count). The van der Waals surface area contributed by atoms with E-state index in [0.717, 1.165) is 24.3 Å². The summed E-state index contributed by atoms with van der Waals surface area (Å²) in [6, 6.07) is 17.5. The van der Waals surface area contributed by atoms with E-state index in [0.29, 0.717) is 5.82 Å². The Kier molecular flexibility index (Phi) is 11.2. The number of unbranched alkanes of at least 4 members (excludes halogenated alkanes) is 10. The summed E-state index contributed by atoms with van der Waals surface area (Å²) in [7, 11) is 0. The van der Waals surface area contributed by atoms with Crippen LogP contribution in [-0.4, -0.2) is 10.1 Å². The van der Waals surface area contributed by atoms with Crippen LogP contribution >= 0.6 is 0 Å². The number of hydrogen-bond acceptors (Lipinski definition) is 3. The third kappa shape index (κ3) is 8.79. The second-order valence-electron chi connectivity index (χ2n) is 9.32. The Bertz CT molecular complexity index is 896. The lowest BCUT2D eigenvalue weighted by atomic mass is 10.0. The maximum absolute atomic E-state index is 5.50. The highest BCUT2D eigenvalue weighted by molar-refractivity contribution is 5.67. The van der Waals surface area contributed by atoms with Crippen molar-refractivity contribution in [1.29, 1.82) is 0 Å². The van der Waals surface area contributed by atoms with Gasteiger partial charge in [0.2, 0.25) is 11.7 Å². The van der Waals surface area contributed by atoms with Gasteiger partial charge in [-0.3, -0.25) is 0 Å². The second kappa shape index (κ2) is 14.7. The lowest BCUT2D eigenvalue weighted by Crippen LogP contribution is -1.88. The Morgan fingerprint density at radius 3 is 1.67 bits per heavy atom. The molecular formula is C30H42N2O. The molecule has 3 nitrogen and oxygen atoms in total. The SMILES string of the molecule is CCCCCCCCCCCc1nc(-c2ccc(-c3ccc(CCCCC)cc3)cc2)no1. The fourth-order valence-electron chi connectivity index (χ4n) is 4.32. The summed E-state index contributed by atoms with van der Waals surface area (Å²) in [5, 5.41) is 4.21. The molecule has 0 aliphatic rings. The van der Waals surface area contributed by atoms with Gasteiger partial charge in [0.1, 0.15) is 0 Å². The van der Waals surface area contributed by atoms with Gasteiger partial charge < -0.3 is 4.52 Å². The van der Waals surface area contributed by atoms with Crippen molar-refractivity contribution in [3.63, 3.8) is 0 Å². The highest BCUT2D eigenvalue weighted by Gasteiger charge is 2.09. The molecule has 0 fully saturated rings. The first-order valence-electron chi connectivity index (χ1n) is 13.3. The zero-order valence-electron chi connectivity index (χ0n) is 20.8. The summed E-state index contributed by atoms with van der Waals surface area (Å²) in [5.41, 5.74) is 4.91. The minimum atomic E-state index is 0.693. The van der Waals surface area contributed by atoms with E-state index >= 15 is 0 Å². The van der Waals surface area contributed by atoms with Crippen LogP contribution in [0.1, 0.15) is 102 Å². The zero-order valence-corrected chi connectivity index (χ0v) is 20.8. The molecule has 0 unspecified atom stereocenters. The van der Waals surface area contributed by atoms with Crippen LogP contribution < -0.4 is 0 Å². The average Bonchev–Trinajstić information content (AvgIpc) is 3.33. The number of rotatable bonds is 16. The van der Waals surface area contributed by atoms with Crippen LogP contribution in [0.4, 0.5) is 0 Å². The molecule has 0 amide bonds. The fourth-order valence-corrected chi connectivity index (χ4v) is 4.32. The molecule has 3 aromatic rings. The van der Waals surface area contributed by atoms with Gasteiger partial charge in [0, 0.05) is 12.0 Å². The summed E-state index contributed by atoms with van der Waals surface area (Å²) < 4.78 is 5.50. The van der Waals surface area contributed by atoms with E-state index < -0.39 is 0 Å². The standard InChI is InChI=1S/C30H42N2O/c1-3-5-7-8-9-10-11-12-14-16-29-31-30(32-33-29)28-23-21-27(22-24-28)26-19-17-25(18-20-26)15-13-6-4-2/h17-24H,3-16H2,1-2H3. The van der Waals surface area contributed by atoms with Crippen LogP contribution in [0, 0.1) is 0 Å². The molecule has 178 valence electrons. The van der Waals surface area contributed by atoms with Crippen molar-refractivity contribution in [2.75, 3.05) is 0 Å². The Labute approximate surface area is 201 Å². The minimum absolute atomic E-state index is 0.693. The number of aryl methyl sites for hydroxylation is 2. The fraction of sp³-hybridized carbons (Fsp3) is 0.533. The van der Waals surface area contributed by atoms with Crippen LogP contribution in [0.2, 0.25) is 0 Å². The summed E-state index contributed by atoms with van der Waals surface area (Å²) in [4.78, 5) is 4.62. The molecule has 0 spiro atoms. The van der Waals surface area contributed by atoms with Gasteiger partial charge in [-0.25, -0.2) is 0 Å². The maximum Gasteiger partial charge on any atom is 0.226 e. The highest BCUT2D eigenvalue weighted by Crippen LogP contribution is 2.24. The van der Waals surface area contributed by atoms with E-state index in [4.69, 9.17) is 4.52 Å². The van der Waals surface area contributed by atoms with E-state index in [9.17, 15) is 0 Å². The van der Waals surface area contributed by atoms with Gasteiger partial charge in [0.25, 0.3) is 0 Å². The van der Waals surface area contributed by atoms with Gasteiger partial charge in [0.05, 0.1) is 0 Å². The zero-order chi connectivity index (χ0) is 23.1. The van der Waals surface area contributed by atoms with Gasteiger partial charge in [0.15, 0.2) is 0 Å². The summed E-state index contributed by atoms with van der Waals surface area (Å²) in [5.74, 6) is 1.45. The lowest BCUT2D eigenvalue weighted by Gasteiger charge is -2.05.